The number of carbonyl (C=O) groups is 2. The molecule has 84 valence electrons. The van der Waals surface area contributed by atoms with Gasteiger partial charge in [0.25, 0.3) is 0 Å². The van der Waals surface area contributed by atoms with Crippen LogP contribution in [0.5, 0.6) is 0 Å². The molecule has 0 amide bonds. The van der Waals surface area contributed by atoms with Crippen LogP contribution >= 0.6 is 0 Å². The highest BCUT2D eigenvalue weighted by Gasteiger charge is 2.26. The van der Waals surface area contributed by atoms with Gasteiger partial charge in [0.2, 0.25) is 0 Å². The lowest BCUT2D eigenvalue weighted by atomic mass is 9.95. The minimum absolute atomic E-state index is 0.241. The Balaban J connectivity index is 2.74. The summed E-state index contributed by atoms with van der Waals surface area (Å²) in [6, 6.07) is 0. The lowest BCUT2D eigenvalue weighted by molar-refractivity contribution is -0.146. The van der Waals surface area contributed by atoms with Gasteiger partial charge in [0.05, 0.1) is 13.2 Å². The summed E-state index contributed by atoms with van der Waals surface area (Å²) in [5.41, 5.74) is 0.350. The smallest absolute Gasteiger partial charge is 0.333 e. The van der Waals surface area contributed by atoms with Gasteiger partial charge in [-0.25, -0.2) is 4.79 Å². The molecule has 5 nitrogen and oxygen atoms in total. The van der Waals surface area contributed by atoms with Gasteiger partial charge >= 0.3 is 11.9 Å². The molecule has 1 aliphatic rings. The number of aliphatic hydroxyl groups is 1. The standard InChI is InChI=1S/C10H14O5/c1-6(11)15-9-4-7(10(13)14-2)3-8(12)5-9/h4,8-9,12H,3,5H2,1-2H3/t8-,9+/m1/s1. The van der Waals surface area contributed by atoms with Crippen molar-refractivity contribution in [2.75, 3.05) is 7.11 Å². The van der Waals surface area contributed by atoms with E-state index in [0.717, 1.165) is 0 Å². The van der Waals surface area contributed by atoms with Crippen LogP contribution in [0.25, 0.3) is 0 Å². The summed E-state index contributed by atoms with van der Waals surface area (Å²) in [7, 11) is 1.27. The summed E-state index contributed by atoms with van der Waals surface area (Å²) in [6.07, 6.45) is 0.874. The van der Waals surface area contributed by atoms with E-state index in [1.54, 1.807) is 0 Å². The first-order valence-corrected chi connectivity index (χ1v) is 4.67. The number of ether oxygens (including phenoxy) is 2. The molecule has 0 heterocycles. The molecule has 0 bridgehead atoms. The normalized spacial score (nSPS) is 25.4. The van der Waals surface area contributed by atoms with Gasteiger partial charge in [-0.2, -0.15) is 0 Å². The van der Waals surface area contributed by atoms with Crippen LogP contribution in [0.3, 0.4) is 0 Å². The molecule has 1 N–H and O–H groups in total. The van der Waals surface area contributed by atoms with Crippen LogP contribution in [0, 0.1) is 0 Å². The second kappa shape index (κ2) is 4.93. The maximum atomic E-state index is 11.2. The van der Waals surface area contributed by atoms with E-state index < -0.39 is 24.1 Å². The van der Waals surface area contributed by atoms with Gasteiger partial charge in [0, 0.05) is 25.3 Å². The van der Waals surface area contributed by atoms with E-state index in [4.69, 9.17) is 4.74 Å². The Labute approximate surface area is 87.7 Å². The van der Waals surface area contributed by atoms with E-state index in [2.05, 4.69) is 4.74 Å². The molecule has 0 aliphatic heterocycles. The Kier molecular flexibility index (Phi) is 3.85. The average Bonchev–Trinajstić information content (AvgIpc) is 2.14. The van der Waals surface area contributed by atoms with Crippen LogP contribution in [0.2, 0.25) is 0 Å². The molecule has 0 aromatic heterocycles. The van der Waals surface area contributed by atoms with Crippen LogP contribution in [0.4, 0.5) is 0 Å². The lowest BCUT2D eigenvalue weighted by Crippen LogP contribution is -2.28. The van der Waals surface area contributed by atoms with E-state index in [-0.39, 0.29) is 6.42 Å². The highest BCUT2D eigenvalue weighted by atomic mass is 16.5. The maximum absolute atomic E-state index is 11.2. The Hall–Kier alpha value is -1.36. The third-order valence-corrected chi connectivity index (χ3v) is 2.11. The Morgan fingerprint density at radius 3 is 2.73 bits per heavy atom. The largest absolute Gasteiger partial charge is 0.466 e. The number of hydrogen-bond donors (Lipinski definition) is 1. The molecule has 0 saturated heterocycles. The van der Waals surface area contributed by atoms with Crippen LogP contribution in [0.15, 0.2) is 11.6 Å². The van der Waals surface area contributed by atoms with Crippen LogP contribution in [-0.4, -0.2) is 36.4 Å². The molecule has 0 saturated carbocycles. The van der Waals surface area contributed by atoms with Gasteiger partial charge in [-0.15, -0.1) is 0 Å². The monoisotopic (exact) mass is 214 g/mol. The van der Waals surface area contributed by atoms with Crippen LogP contribution < -0.4 is 0 Å². The summed E-state index contributed by atoms with van der Waals surface area (Å²) < 4.78 is 9.44. The number of hydrogen-bond acceptors (Lipinski definition) is 5. The Morgan fingerprint density at radius 2 is 2.20 bits per heavy atom. The van der Waals surface area contributed by atoms with Crippen molar-refractivity contribution in [1.82, 2.24) is 0 Å². The molecule has 1 aliphatic carbocycles. The second-order valence-corrected chi connectivity index (χ2v) is 3.43. The average molecular weight is 214 g/mol. The molecule has 5 heteroatoms. The van der Waals surface area contributed by atoms with Crippen molar-refractivity contribution in [1.29, 1.82) is 0 Å². The first-order chi connectivity index (χ1) is 7.02. The molecule has 1 rings (SSSR count). The summed E-state index contributed by atoms with van der Waals surface area (Å²) in [5, 5.41) is 9.47. The zero-order chi connectivity index (χ0) is 11.4. The van der Waals surface area contributed by atoms with Gasteiger partial charge in [-0.05, 0) is 6.08 Å². The predicted octanol–water partition coefficient (Wildman–Crippen LogP) is 0.172. The van der Waals surface area contributed by atoms with Crippen molar-refractivity contribution in [2.45, 2.75) is 32.0 Å². The van der Waals surface area contributed by atoms with Gasteiger partial charge in [0.15, 0.2) is 0 Å². The molecule has 0 aromatic rings. The number of aliphatic hydroxyl groups excluding tert-OH is 1. The molecule has 0 spiro atoms. The number of rotatable bonds is 2. The summed E-state index contributed by atoms with van der Waals surface area (Å²) in [5.74, 6) is -0.930. The molecular formula is C10H14O5. The van der Waals surface area contributed by atoms with Crippen molar-refractivity contribution < 1.29 is 24.2 Å². The summed E-state index contributed by atoms with van der Waals surface area (Å²) in [4.78, 5) is 21.9. The molecule has 2 atom stereocenters. The molecule has 0 aromatic carbocycles. The minimum Gasteiger partial charge on any atom is -0.466 e. The van der Waals surface area contributed by atoms with Crippen molar-refractivity contribution in [2.24, 2.45) is 0 Å². The molecule has 0 fully saturated rings. The SMILES string of the molecule is COC(=O)C1=C[C@H](OC(C)=O)C[C@H](O)C1. The molecule has 15 heavy (non-hydrogen) atoms. The van der Waals surface area contributed by atoms with Crippen LogP contribution in [-0.2, 0) is 19.1 Å². The maximum Gasteiger partial charge on any atom is 0.333 e. The molecule has 0 radical (unpaired) electrons. The second-order valence-electron chi connectivity index (χ2n) is 3.43. The quantitative estimate of drug-likeness (QED) is 0.663. The van der Waals surface area contributed by atoms with Crippen molar-refractivity contribution >= 4 is 11.9 Å². The van der Waals surface area contributed by atoms with Gasteiger partial charge in [-0.1, -0.05) is 0 Å². The van der Waals surface area contributed by atoms with E-state index in [0.29, 0.717) is 12.0 Å². The third-order valence-electron chi connectivity index (χ3n) is 2.11. The van der Waals surface area contributed by atoms with E-state index in [1.165, 1.54) is 20.1 Å². The lowest BCUT2D eigenvalue weighted by Gasteiger charge is -2.23. The van der Waals surface area contributed by atoms with E-state index in [9.17, 15) is 14.7 Å². The fourth-order valence-corrected chi connectivity index (χ4v) is 1.54. The molecular weight excluding hydrogens is 200 g/mol. The predicted molar refractivity (Wildman–Crippen MR) is 50.9 cm³/mol. The molecule has 0 unspecified atom stereocenters. The van der Waals surface area contributed by atoms with Gasteiger partial charge in [0.1, 0.15) is 6.10 Å². The van der Waals surface area contributed by atoms with E-state index in [1.807, 2.05) is 0 Å². The highest BCUT2D eigenvalue weighted by molar-refractivity contribution is 5.88. The third kappa shape index (κ3) is 3.36. The first-order valence-electron chi connectivity index (χ1n) is 4.67. The van der Waals surface area contributed by atoms with Crippen LogP contribution in [0.1, 0.15) is 19.8 Å². The number of esters is 2. The Morgan fingerprint density at radius 1 is 1.53 bits per heavy atom. The highest BCUT2D eigenvalue weighted by Crippen LogP contribution is 2.21. The zero-order valence-corrected chi connectivity index (χ0v) is 8.73. The van der Waals surface area contributed by atoms with Crippen molar-refractivity contribution in [3.05, 3.63) is 11.6 Å². The topological polar surface area (TPSA) is 72.8 Å². The van der Waals surface area contributed by atoms with E-state index >= 15 is 0 Å². The first kappa shape index (κ1) is 11.7. The Bertz CT molecular complexity index is 294. The number of carbonyl (C=O) groups excluding carboxylic acids is 2. The summed E-state index contributed by atoms with van der Waals surface area (Å²) >= 11 is 0. The number of methoxy groups -OCH3 is 1. The fourth-order valence-electron chi connectivity index (χ4n) is 1.54. The summed E-state index contributed by atoms with van der Waals surface area (Å²) in [6.45, 7) is 1.28. The van der Waals surface area contributed by atoms with Gasteiger partial charge in [-0.3, -0.25) is 4.79 Å². The minimum atomic E-state index is -0.673. The van der Waals surface area contributed by atoms with Gasteiger partial charge < -0.3 is 14.6 Å². The van der Waals surface area contributed by atoms with Crippen molar-refractivity contribution in [3.63, 3.8) is 0 Å². The zero-order valence-electron chi connectivity index (χ0n) is 8.73. The fraction of sp³-hybridized carbons (Fsp3) is 0.600. The van der Waals surface area contributed by atoms with Crippen molar-refractivity contribution in [3.8, 4) is 0 Å².